The number of aromatic hydroxyl groups is 1. The van der Waals surface area contributed by atoms with Crippen LogP contribution in [-0.2, 0) is 0 Å². The minimum Gasteiger partial charge on any atom is -0.506 e. The van der Waals surface area contributed by atoms with Gasteiger partial charge in [-0.1, -0.05) is 17.7 Å². The van der Waals surface area contributed by atoms with E-state index in [9.17, 15) is 4.39 Å². The summed E-state index contributed by atoms with van der Waals surface area (Å²) in [6.07, 6.45) is 0. The Hall–Kier alpha value is -0.760. The highest BCUT2D eigenvalue weighted by atomic mass is 35.5. The fraction of sp³-hybridized carbons (Fsp3) is 0. The Morgan fingerprint density at radius 3 is 2.56 bits per heavy atom. The second kappa shape index (κ2) is 2.23. The van der Waals surface area contributed by atoms with Crippen molar-refractivity contribution in [1.82, 2.24) is 0 Å². The summed E-state index contributed by atoms with van der Waals surface area (Å²) in [5, 5.41) is 8.50. The van der Waals surface area contributed by atoms with Crippen LogP contribution in [0.2, 0.25) is 5.02 Å². The van der Waals surface area contributed by atoms with Gasteiger partial charge in [-0.25, -0.2) is 4.39 Å². The Morgan fingerprint density at radius 1 is 1.44 bits per heavy atom. The van der Waals surface area contributed by atoms with Crippen LogP contribution in [0.5, 0.6) is 5.75 Å². The Balaban J connectivity index is 3.25. The van der Waals surface area contributed by atoms with Crippen LogP contribution in [0.15, 0.2) is 18.2 Å². The highest BCUT2D eigenvalue weighted by Crippen LogP contribution is 2.24. The first-order valence-corrected chi connectivity index (χ1v) is 2.72. The van der Waals surface area contributed by atoms with Crippen LogP contribution < -0.4 is 0 Å². The third-order valence-corrected chi connectivity index (χ3v) is 1.31. The molecule has 0 aliphatic carbocycles. The first-order chi connectivity index (χ1) is 4.22. The maximum Gasteiger partial charge on any atom is 0.145 e. The second-order valence-corrected chi connectivity index (χ2v) is 1.95. The third kappa shape index (κ3) is 1.13. The minimum absolute atomic E-state index is 0.225. The topological polar surface area (TPSA) is 20.2 Å². The fourth-order valence-electron chi connectivity index (χ4n) is 0.492. The van der Waals surface area contributed by atoms with Gasteiger partial charge in [0.15, 0.2) is 0 Å². The Kier molecular flexibility index (Phi) is 1.58. The molecule has 0 spiro atoms. The molecule has 9 heavy (non-hydrogen) atoms. The van der Waals surface area contributed by atoms with E-state index < -0.39 is 5.82 Å². The lowest BCUT2D eigenvalue weighted by Crippen LogP contribution is -1.74. The van der Waals surface area contributed by atoms with Gasteiger partial charge in [-0.2, -0.15) is 0 Å². The summed E-state index contributed by atoms with van der Waals surface area (Å²) < 4.78 is 12.3. The maximum absolute atomic E-state index is 12.3. The first kappa shape index (κ1) is 6.36. The van der Waals surface area contributed by atoms with Crippen molar-refractivity contribution < 1.29 is 9.50 Å². The minimum atomic E-state index is -0.600. The summed E-state index contributed by atoms with van der Waals surface area (Å²) in [7, 11) is 0. The molecule has 0 fully saturated rings. The van der Waals surface area contributed by atoms with E-state index in [4.69, 9.17) is 16.7 Å². The molecule has 0 saturated heterocycles. The number of phenolic OH excluding ortho intramolecular Hbond substituents is 1. The summed E-state index contributed by atoms with van der Waals surface area (Å²) >= 11 is 5.25. The monoisotopic (exact) mass is 146 g/mol. The molecule has 1 aromatic rings. The lowest BCUT2D eigenvalue weighted by Gasteiger charge is -1.93. The molecule has 0 heterocycles. The predicted octanol–water partition coefficient (Wildman–Crippen LogP) is 2.18. The Morgan fingerprint density at radius 2 is 2.11 bits per heavy atom. The zero-order valence-electron chi connectivity index (χ0n) is 4.44. The summed E-state index contributed by atoms with van der Waals surface area (Å²) in [6, 6.07) is 3.89. The molecule has 48 valence electrons. The summed E-state index contributed by atoms with van der Waals surface area (Å²) in [5.74, 6) is -0.826. The molecule has 0 aliphatic heterocycles. The molecule has 0 saturated carbocycles. The van der Waals surface area contributed by atoms with Crippen LogP contribution in [-0.4, -0.2) is 5.11 Å². The van der Waals surface area contributed by atoms with Gasteiger partial charge in [-0.15, -0.1) is 0 Å². The van der Waals surface area contributed by atoms with Gasteiger partial charge in [0.2, 0.25) is 0 Å². The molecule has 0 aromatic heterocycles. The second-order valence-electron chi connectivity index (χ2n) is 1.57. The molecule has 0 radical (unpaired) electrons. The van der Waals surface area contributed by atoms with E-state index >= 15 is 0 Å². The van der Waals surface area contributed by atoms with E-state index in [1.165, 1.54) is 18.2 Å². The van der Waals surface area contributed by atoms with E-state index in [0.717, 1.165) is 0 Å². The number of halogens is 2. The molecule has 0 aliphatic rings. The number of rotatable bonds is 0. The molecule has 0 atom stereocenters. The molecule has 1 rings (SSSR count). The van der Waals surface area contributed by atoms with E-state index in [0.29, 0.717) is 0 Å². The smallest absolute Gasteiger partial charge is 0.145 e. The summed E-state index contributed by atoms with van der Waals surface area (Å²) in [4.78, 5) is 0. The van der Waals surface area contributed by atoms with E-state index in [2.05, 4.69) is 0 Å². The van der Waals surface area contributed by atoms with E-state index in [1.807, 2.05) is 0 Å². The van der Waals surface area contributed by atoms with Crippen LogP contribution in [0.4, 0.5) is 4.39 Å². The standard InChI is InChI=1S/C6H4ClFO/c7-6-4(8)2-1-3-5(6)9/h1-3,9H. The van der Waals surface area contributed by atoms with Gasteiger partial charge in [-0.3, -0.25) is 0 Å². The maximum atomic E-state index is 12.3. The SMILES string of the molecule is Oc1cccc(F)c1Cl. The average Bonchev–Trinajstić information content (AvgIpc) is 1.83. The molecular weight excluding hydrogens is 143 g/mol. The molecule has 0 amide bonds. The normalized spacial score (nSPS) is 9.56. The molecule has 0 bridgehead atoms. The van der Waals surface area contributed by atoms with Gasteiger partial charge in [0.25, 0.3) is 0 Å². The van der Waals surface area contributed by atoms with E-state index in [-0.39, 0.29) is 10.8 Å². The third-order valence-electron chi connectivity index (χ3n) is 0.931. The van der Waals surface area contributed by atoms with Crippen molar-refractivity contribution in [3.63, 3.8) is 0 Å². The van der Waals surface area contributed by atoms with Crippen molar-refractivity contribution in [3.05, 3.63) is 29.0 Å². The van der Waals surface area contributed by atoms with Crippen molar-refractivity contribution in [2.45, 2.75) is 0 Å². The Bertz CT molecular complexity index is 204. The van der Waals surface area contributed by atoms with Gasteiger partial charge in [0.1, 0.15) is 16.6 Å². The van der Waals surface area contributed by atoms with Crippen molar-refractivity contribution >= 4 is 11.6 Å². The van der Waals surface area contributed by atoms with Crippen LogP contribution in [0.3, 0.4) is 0 Å². The van der Waals surface area contributed by atoms with Crippen molar-refractivity contribution in [2.75, 3.05) is 0 Å². The molecule has 3 heteroatoms. The Labute approximate surface area is 56.7 Å². The van der Waals surface area contributed by atoms with E-state index in [1.54, 1.807) is 0 Å². The fourth-order valence-corrected chi connectivity index (χ4v) is 0.618. The molecule has 1 N–H and O–H groups in total. The van der Waals surface area contributed by atoms with Crippen molar-refractivity contribution in [3.8, 4) is 5.75 Å². The van der Waals surface area contributed by atoms with Crippen LogP contribution in [0.25, 0.3) is 0 Å². The molecule has 1 aromatic carbocycles. The average molecular weight is 147 g/mol. The zero-order valence-corrected chi connectivity index (χ0v) is 5.19. The van der Waals surface area contributed by atoms with Gasteiger partial charge in [0.05, 0.1) is 0 Å². The number of phenols is 1. The first-order valence-electron chi connectivity index (χ1n) is 2.35. The molecule has 1 nitrogen and oxygen atoms in total. The highest BCUT2D eigenvalue weighted by molar-refractivity contribution is 6.32. The van der Waals surface area contributed by atoms with Crippen molar-refractivity contribution in [2.24, 2.45) is 0 Å². The highest BCUT2D eigenvalue weighted by Gasteiger charge is 2.01. The quantitative estimate of drug-likeness (QED) is 0.595. The van der Waals surface area contributed by atoms with Gasteiger partial charge in [-0.05, 0) is 12.1 Å². The predicted molar refractivity (Wildman–Crippen MR) is 33.1 cm³/mol. The van der Waals surface area contributed by atoms with Crippen LogP contribution >= 0.6 is 11.6 Å². The van der Waals surface area contributed by atoms with Crippen LogP contribution in [0, 0.1) is 5.82 Å². The lowest BCUT2D eigenvalue weighted by molar-refractivity contribution is 0.469. The van der Waals surface area contributed by atoms with Gasteiger partial charge in [0, 0.05) is 0 Å². The largest absolute Gasteiger partial charge is 0.506 e. The number of benzene rings is 1. The number of hydrogen-bond acceptors (Lipinski definition) is 1. The lowest BCUT2D eigenvalue weighted by atomic mass is 10.3. The van der Waals surface area contributed by atoms with Crippen molar-refractivity contribution in [1.29, 1.82) is 0 Å². The molecule has 0 unspecified atom stereocenters. The van der Waals surface area contributed by atoms with Gasteiger partial charge >= 0.3 is 0 Å². The zero-order chi connectivity index (χ0) is 6.85. The summed E-state index contributed by atoms with van der Waals surface area (Å²) in [5.41, 5.74) is 0. The summed E-state index contributed by atoms with van der Waals surface area (Å²) in [6.45, 7) is 0. The van der Waals surface area contributed by atoms with Crippen LogP contribution in [0.1, 0.15) is 0 Å². The van der Waals surface area contributed by atoms with Gasteiger partial charge < -0.3 is 5.11 Å². The molecular formula is C6H4ClFO. The number of hydrogen-bond donors (Lipinski definition) is 1.